The summed E-state index contributed by atoms with van der Waals surface area (Å²) >= 11 is 5.21. The third-order valence-corrected chi connectivity index (χ3v) is 5.32. The van der Waals surface area contributed by atoms with E-state index in [4.69, 9.17) is 5.73 Å². The van der Waals surface area contributed by atoms with Crippen molar-refractivity contribution in [3.8, 4) is 0 Å². The van der Waals surface area contributed by atoms with Crippen LogP contribution in [-0.2, 0) is 19.3 Å². The zero-order valence-electron chi connectivity index (χ0n) is 12.1. The Morgan fingerprint density at radius 2 is 2.05 bits per heavy atom. The van der Waals surface area contributed by atoms with Crippen molar-refractivity contribution in [2.45, 2.75) is 25.7 Å². The fourth-order valence-electron chi connectivity index (χ4n) is 2.61. The maximum absolute atomic E-state index is 5.95. The molecular formula is C16H19BrIN3S. The monoisotopic (exact) mass is 491 g/mol. The lowest BCUT2D eigenvalue weighted by atomic mass is 10.1. The molecule has 1 heterocycles. The first-order valence-electron chi connectivity index (χ1n) is 7.14. The van der Waals surface area contributed by atoms with Gasteiger partial charge in [0.2, 0.25) is 0 Å². The molecule has 0 aliphatic heterocycles. The summed E-state index contributed by atoms with van der Waals surface area (Å²) in [4.78, 5) is 5.71. The van der Waals surface area contributed by atoms with Gasteiger partial charge < -0.3 is 11.1 Å². The molecule has 0 unspecified atom stereocenters. The maximum atomic E-state index is 5.95. The van der Waals surface area contributed by atoms with Crippen LogP contribution in [0, 0.1) is 0 Å². The van der Waals surface area contributed by atoms with Gasteiger partial charge in [-0.25, -0.2) is 0 Å². The highest BCUT2D eigenvalue weighted by Crippen LogP contribution is 2.25. The summed E-state index contributed by atoms with van der Waals surface area (Å²) < 4.78 is 1.16. The third kappa shape index (κ3) is 4.70. The number of nitrogens with zero attached hydrogens (tertiary/aromatic N) is 1. The standard InChI is InChI=1S/C16H18BrN3S.HI/c17-15-7-6-14(21-15)8-9-19-16(18)20-13-5-4-11-2-1-3-12(11)10-13;/h4-7,10H,1-3,8-9H2,(H3,18,19,20);1H. The molecule has 0 saturated heterocycles. The van der Waals surface area contributed by atoms with Gasteiger partial charge in [0.15, 0.2) is 5.96 Å². The summed E-state index contributed by atoms with van der Waals surface area (Å²) in [6.45, 7) is 0.705. The second kappa shape index (κ2) is 8.31. The summed E-state index contributed by atoms with van der Waals surface area (Å²) in [7, 11) is 0. The van der Waals surface area contributed by atoms with Gasteiger partial charge in [0.05, 0.1) is 3.79 Å². The van der Waals surface area contributed by atoms with Gasteiger partial charge in [0.25, 0.3) is 0 Å². The van der Waals surface area contributed by atoms with Crippen LogP contribution in [0.5, 0.6) is 0 Å². The number of rotatable bonds is 4. The number of anilines is 1. The topological polar surface area (TPSA) is 50.4 Å². The number of benzene rings is 1. The Hall–Kier alpha value is -0.600. The van der Waals surface area contributed by atoms with E-state index >= 15 is 0 Å². The lowest BCUT2D eigenvalue weighted by Gasteiger charge is -2.07. The van der Waals surface area contributed by atoms with Crippen LogP contribution in [-0.4, -0.2) is 12.5 Å². The largest absolute Gasteiger partial charge is 0.370 e. The maximum Gasteiger partial charge on any atom is 0.193 e. The van der Waals surface area contributed by atoms with Crippen LogP contribution in [0.25, 0.3) is 0 Å². The molecule has 0 atom stereocenters. The van der Waals surface area contributed by atoms with E-state index in [1.54, 1.807) is 11.3 Å². The summed E-state index contributed by atoms with van der Waals surface area (Å²) in [5.74, 6) is 0.489. The molecule has 2 aromatic rings. The van der Waals surface area contributed by atoms with E-state index in [0.717, 1.165) is 15.9 Å². The zero-order chi connectivity index (χ0) is 14.7. The third-order valence-electron chi connectivity index (χ3n) is 3.64. The number of nitrogens with two attached hydrogens (primary N) is 1. The number of hydrogen-bond acceptors (Lipinski definition) is 2. The minimum absolute atomic E-state index is 0. The van der Waals surface area contributed by atoms with Gasteiger partial charge in [-0.3, -0.25) is 4.99 Å². The minimum Gasteiger partial charge on any atom is -0.370 e. The minimum atomic E-state index is 0. The molecule has 0 saturated carbocycles. The van der Waals surface area contributed by atoms with E-state index in [0.29, 0.717) is 12.5 Å². The Morgan fingerprint density at radius 3 is 2.82 bits per heavy atom. The lowest BCUT2D eigenvalue weighted by Crippen LogP contribution is -2.23. The molecule has 118 valence electrons. The second-order valence-electron chi connectivity index (χ2n) is 5.18. The molecular weight excluding hydrogens is 473 g/mol. The number of aryl methyl sites for hydroxylation is 2. The Kier molecular flexibility index (Phi) is 6.70. The second-order valence-corrected chi connectivity index (χ2v) is 7.73. The van der Waals surface area contributed by atoms with Crippen LogP contribution >= 0.6 is 51.2 Å². The zero-order valence-corrected chi connectivity index (χ0v) is 16.9. The van der Waals surface area contributed by atoms with E-state index in [2.05, 4.69) is 56.6 Å². The van der Waals surface area contributed by atoms with Crippen LogP contribution in [0.3, 0.4) is 0 Å². The van der Waals surface area contributed by atoms with Crippen molar-refractivity contribution in [2.24, 2.45) is 10.7 Å². The average Bonchev–Trinajstić information content (AvgIpc) is 3.07. The highest BCUT2D eigenvalue weighted by atomic mass is 127. The number of aliphatic imine (C=N–C) groups is 1. The summed E-state index contributed by atoms with van der Waals surface area (Å²) in [6, 6.07) is 10.7. The van der Waals surface area contributed by atoms with Crippen LogP contribution in [0.1, 0.15) is 22.4 Å². The average molecular weight is 492 g/mol. The van der Waals surface area contributed by atoms with E-state index in [9.17, 15) is 0 Å². The predicted molar refractivity (Wildman–Crippen MR) is 110 cm³/mol. The van der Waals surface area contributed by atoms with E-state index in [1.165, 1.54) is 35.3 Å². The number of hydrogen-bond donors (Lipinski definition) is 2. The number of nitrogens with one attached hydrogen (secondary N) is 1. The number of thiophene rings is 1. The first-order valence-corrected chi connectivity index (χ1v) is 8.74. The molecule has 1 aromatic carbocycles. The highest BCUT2D eigenvalue weighted by molar-refractivity contribution is 14.0. The van der Waals surface area contributed by atoms with Crippen molar-refractivity contribution in [2.75, 3.05) is 11.9 Å². The van der Waals surface area contributed by atoms with Gasteiger partial charge in [-0.2, -0.15) is 0 Å². The quantitative estimate of drug-likeness (QED) is 0.373. The SMILES string of the molecule is I.NC(=NCCc1ccc(Br)s1)Nc1ccc2c(c1)CCC2. The first-order chi connectivity index (χ1) is 10.2. The molecule has 0 amide bonds. The normalized spacial score (nSPS) is 13.6. The lowest BCUT2D eigenvalue weighted by molar-refractivity contribution is 0.912. The molecule has 0 spiro atoms. The smallest absolute Gasteiger partial charge is 0.193 e. The Labute approximate surface area is 160 Å². The molecule has 0 fully saturated rings. The van der Waals surface area contributed by atoms with Crippen LogP contribution in [0.15, 0.2) is 39.1 Å². The molecule has 3 rings (SSSR count). The summed E-state index contributed by atoms with van der Waals surface area (Å²) in [5.41, 5.74) is 9.90. The van der Waals surface area contributed by atoms with Crippen LogP contribution in [0.2, 0.25) is 0 Å². The Bertz CT molecular complexity index is 669. The Balaban J connectivity index is 0.00000176. The van der Waals surface area contributed by atoms with Crippen molar-refractivity contribution in [3.63, 3.8) is 0 Å². The molecule has 3 nitrogen and oxygen atoms in total. The molecule has 22 heavy (non-hydrogen) atoms. The molecule has 0 radical (unpaired) electrons. The highest BCUT2D eigenvalue weighted by Gasteiger charge is 2.10. The summed E-state index contributed by atoms with van der Waals surface area (Å²) in [6.07, 6.45) is 4.56. The van der Waals surface area contributed by atoms with Gasteiger partial charge in [0, 0.05) is 23.5 Å². The van der Waals surface area contributed by atoms with Crippen molar-refractivity contribution in [1.29, 1.82) is 0 Å². The number of guanidine groups is 1. The van der Waals surface area contributed by atoms with Crippen LogP contribution in [0.4, 0.5) is 5.69 Å². The van der Waals surface area contributed by atoms with E-state index in [-0.39, 0.29) is 24.0 Å². The van der Waals surface area contributed by atoms with Gasteiger partial charge >= 0.3 is 0 Å². The summed E-state index contributed by atoms with van der Waals surface area (Å²) in [5, 5.41) is 3.18. The van der Waals surface area contributed by atoms with Crippen molar-refractivity contribution >= 4 is 62.9 Å². The molecule has 6 heteroatoms. The van der Waals surface area contributed by atoms with Gasteiger partial charge in [-0.15, -0.1) is 35.3 Å². The van der Waals surface area contributed by atoms with Crippen molar-refractivity contribution in [1.82, 2.24) is 0 Å². The van der Waals surface area contributed by atoms with Gasteiger partial charge in [0.1, 0.15) is 0 Å². The molecule has 1 aliphatic carbocycles. The van der Waals surface area contributed by atoms with E-state index < -0.39 is 0 Å². The van der Waals surface area contributed by atoms with Crippen LogP contribution < -0.4 is 11.1 Å². The molecule has 0 bridgehead atoms. The van der Waals surface area contributed by atoms with Crippen molar-refractivity contribution < 1.29 is 0 Å². The fraction of sp³-hybridized carbons (Fsp3) is 0.312. The number of fused-ring (bicyclic) bond motifs is 1. The fourth-order valence-corrected chi connectivity index (χ4v) is 4.08. The van der Waals surface area contributed by atoms with Crippen molar-refractivity contribution in [3.05, 3.63) is 50.1 Å². The Morgan fingerprint density at radius 1 is 1.23 bits per heavy atom. The van der Waals surface area contributed by atoms with Gasteiger partial charge in [-0.05, 0) is 70.6 Å². The number of halogens is 2. The van der Waals surface area contributed by atoms with Gasteiger partial charge in [-0.1, -0.05) is 6.07 Å². The predicted octanol–water partition coefficient (Wildman–Crippen LogP) is 4.59. The molecule has 3 N–H and O–H groups in total. The van der Waals surface area contributed by atoms with E-state index in [1.807, 2.05) is 0 Å². The first kappa shape index (κ1) is 17.7. The molecule has 1 aliphatic rings. The molecule has 1 aromatic heterocycles.